The van der Waals surface area contributed by atoms with Crippen molar-refractivity contribution in [2.45, 2.75) is 19.9 Å². The average molecular weight is 410 g/mol. The third-order valence-electron chi connectivity index (χ3n) is 4.41. The molecular weight excluding hydrogens is 389 g/mol. The zero-order chi connectivity index (χ0) is 19.4. The molecule has 1 heterocycles. The van der Waals surface area contributed by atoms with E-state index in [2.05, 4.69) is 0 Å². The molecule has 144 valence electrons. The molecule has 1 amide bonds. The average Bonchev–Trinajstić information content (AvgIpc) is 3.11. The van der Waals surface area contributed by atoms with Crippen LogP contribution >= 0.6 is 23.2 Å². The van der Waals surface area contributed by atoms with E-state index >= 15 is 0 Å². The van der Waals surface area contributed by atoms with E-state index < -0.39 is 0 Å². The summed E-state index contributed by atoms with van der Waals surface area (Å²) in [6.45, 7) is 2.93. The molecule has 0 aliphatic carbocycles. The van der Waals surface area contributed by atoms with Gasteiger partial charge in [-0.15, -0.1) is 0 Å². The summed E-state index contributed by atoms with van der Waals surface area (Å²) in [6.07, 6.45) is 0.662. The smallest absolute Gasteiger partial charge is 0.231 e. The van der Waals surface area contributed by atoms with Crippen LogP contribution in [0, 0.1) is 5.92 Å². The van der Waals surface area contributed by atoms with Gasteiger partial charge >= 0.3 is 0 Å². The van der Waals surface area contributed by atoms with Crippen molar-refractivity contribution >= 4 is 29.1 Å². The number of benzene rings is 2. The van der Waals surface area contributed by atoms with Crippen molar-refractivity contribution in [3.63, 3.8) is 0 Å². The quantitative estimate of drug-likeness (QED) is 0.659. The molecule has 0 bridgehead atoms. The molecule has 5 nitrogen and oxygen atoms in total. The Balaban J connectivity index is 1.60. The summed E-state index contributed by atoms with van der Waals surface area (Å²) in [5, 5.41) is 0.970. The third-order valence-corrected chi connectivity index (χ3v) is 4.94. The highest BCUT2D eigenvalue weighted by Gasteiger charge is 2.22. The third kappa shape index (κ3) is 4.79. The van der Waals surface area contributed by atoms with Gasteiger partial charge in [-0.3, -0.25) is 4.79 Å². The number of rotatable bonds is 7. The summed E-state index contributed by atoms with van der Waals surface area (Å²) in [6, 6.07) is 10.7. The molecule has 0 saturated carbocycles. The summed E-state index contributed by atoms with van der Waals surface area (Å²) >= 11 is 12.0. The molecule has 1 aliphatic rings. The van der Waals surface area contributed by atoms with Gasteiger partial charge in [0.2, 0.25) is 12.7 Å². The standard InChI is InChI=1S/C20H21Cl2NO4/c1-3-14(11-25-17-7-5-15(21)9-16(17)22)20(24)23(2)10-13-4-6-18-19(8-13)27-12-26-18/h4-9,14H,3,10-12H2,1-2H3. The van der Waals surface area contributed by atoms with Crippen LogP contribution in [-0.2, 0) is 11.3 Å². The maximum absolute atomic E-state index is 12.8. The topological polar surface area (TPSA) is 48.0 Å². The molecule has 0 N–H and O–H groups in total. The lowest BCUT2D eigenvalue weighted by Crippen LogP contribution is -2.35. The second-order valence-electron chi connectivity index (χ2n) is 6.37. The second kappa shape index (κ2) is 8.72. The van der Waals surface area contributed by atoms with E-state index in [4.69, 9.17) is 37.4 Å². The molecule has 2 aromatic carbocycles. The van der Waals surface area contributed by atoms with Crippen LogP contribution in [0.25, 0.3) is 0 Å². The van der Waals surface area contributed by atoms with Crippen molar-refractivity contribution in [2.75, 3.05) is 20.4 Å². The normalized spacial score (nSPS) is 13.3. The Labute approximate surface area is 168 Å². The first kappa shape index (κ1) is 19.6. The predicted molar refractivity (Wildman–Crippen MR) is 105 cm³/mol. The summed E-state index contributed by atoms with van der Waals surface area (Å²) in [7, 11) is 1.78. The predicted octanol–water partition coefficient (Wildman–Crippen LogP) is 4.79. The number of carbonyl (C=O) groups excluding carboxylic acids is 1. The summed E-state index contributed by atoms with van der Waals surface area (Å²) in [5.74, 6) is 1.70. The second-order valence-corrected chi connectivity index (χ2v) is 7.22. The van der Waals surface area contributed by atoms with Gasteiger partial charge in [0.05, 0.1) is 17.5 Å². The molecule has 27 heavy (non-hydrogen) atoms. The Morgan fingerprint density at radius 3 is 2.70 bits per heavy atom. The Morgan fingerprint density at radius 1 is 1.19 bits per heavy atom. The first-order valence-corrected chi connectivity index (χ1v) is 9.45. The van der Waals surface area contributed by atoms with Crippen molar-refractivity contribution in [1.29, 1.82) is 0 Å². The minimum atomic E-state index is -0.268. The molecule has 2 aromatic rings. The summed E-state index contributed by atoms with van der Waals surface area (Å²) in [4.78, 5) is 14.5. The van der Waals surface area contributed by atoms with Gasteiger partial charge in [-0.05, 0) is 42.3 Å². The molecule has 3 rings (SSSR count). The first-order valence-electron chi connectivity index (χ1n) is 8.69. The Bertz CT molecular complexity index is 828. The Kier molecular flexibility index (Phi) is 6.34. The van der Waals surface area contributed by atoms with E-state index in [0.717, 1.165) is 11.3 Å². The van der Waals surface area contributed by atoms with Gasteiger partial charge < -0.3 is 19.1 Å². The zero-order valence-corrected chi connectivity index (χ0v) is 16.7. The Morgan fingerprint density at radius 2 is 1.96 bits per heavy atom. The molecule has 1 atom stereocenters. The maximum Gasteiger partial charge on any atom is 0.231 e. The van der Waals surface area contributed by atoms with Crippen LogP contribution in [0.15, 0.2) is 36.4 Å². The van der Waals surface area contributed by atoms with Gasteiger partial charge in [-0.25, -0.2) is 0 Å². The monoisotopic (exact) mass is 409 g/mol. The van der Waals surface area contributed by atoms with Crippen LogP contribution in [0.2, 0.25) is 10.0 Å². The van der Waals surface area contributed by atoms with Crippen LogP contribution < -0.4 is 14.2 Å². The van der Waals surface area contributed by atoms with Gasteiger partial charge in [0, 0.05) is 18.6 Å². The lowest BCUT2D eigenvalue weighted by Gasteiger charge is -2.23. The molecule has 1 aliphatic heterocycles. The molecule has 0 spiro atoms. The van der Waals surface area contributed by atoms with Crippen LogP contribution in [0.5, 0.6) is 17.2 Å². The van der Waals surface area contributed by atoms with Crippen molar-refractivity contribution in [2.24, 2.45) is 5.92 Å². The van der Waals surface area contributed by atoms with Crippen molar-refractivity contribution in [1.82, 2.24) is 4.90 Å². The fourth-order valence-electron chi connectivity index (χ4n) is 2.85. The molecule has 0 aromatic heterocycles. The Hall–Kier alpha value is -2.11. The number of fused-ring (bicyclic) bond motifs is 1. The minimum Gasteiger partial charge on any atom is -0.491 e. The van der Waals surface area contributed by atoms with E-state index in [1.165, 1.54) is 0 Å². The molecular formula is C20H21Cl2NO4. The molecule has 0 saturated heterocycles. The highest BCUT2D eigenvalue weighted by atomic mass is 35.5. The van der Waals surface area contributed by atoms with Crippen molar-refractivity contribution in [3.8, 4) is 17.2 Å². The largest absolute Gasteiger partial charge is 0.491 e. The lowest BCUT2D eigenvalue weighted by atomic mass is 10.1. The SMILES string of the molecule is CCC(COc1ccc(Cl)cc1Cl)C(=O)N(C)Cc1ccc2c(c1)OCO2. The van der Waals surface area contributed by atoms with Crippen LogP contribution in [0.4, 0.5) is 0 Å². The molecule has 0 radical (unpaired) electrons. The molecule has 1 unspecified atom stereocenters. The van der Waals surface area contributed by atoms with E-state index in [1.807, 2.05) is 25.1 Å². The zero-order valence-electron chi connectivity index (χ0n) is 15.2. The van der Waals surface area contributed by atoms with Gasteiger partial charge in [-0.2, -0.15) is 0 Å². The summed E-state index contributed by atoms with van der Waals surface area (Å²) < 4.78 is 16.5. The van der Waals surface area contributed by atoms with Gasteiger partial charge in [0.1, 0.15) is 5.75 Å². The van der Waals surface area contributed by atoms with E-state index in [1.54, 1.807) is 30.1 Å². The number of ether oxygens (including phenoxy) is 3. The number of nitrogens with zero attached hydrogens (tertiary/aromatic N) is 1. The lowest BCUT2D eigenvalue weighted by molar-refractivity contribution is -0.135. The first-order chi connectivity index (χ1) is 13.0. The fourth-order valence-corrected chi connectivity index (χ4v) is 3.31. The van der Waals surface area contributed by atoms with Gasteiger partial charge in [0.15, 0.2) is 11.5 Å². The van der Waals surface area contributed by atoms with Crippen LogP contribution in [0.1, 0.15) is 18.9 Å². The van der Waals surface area contributed by atoms with Crippen molar-refractivity contribution in [3.05, 3.63) is 52.0 Å². The fraction of sp³-hybridized carbons (Fsp3) is 0.350. The number of hydrogen-bond donors (Lipinski definition) is 0. The van der Waals surface area contributed by atoms with Gasteiger partial charge in [0.25, 0.3) is 0 Å². The minimum absolute atomic E-state index is 0.0141. The summed E-state index contributed by atoms with van der Waals surface area (Å²) in [5.41, 5.74) is 0.978. The maximum atomic E-state index is 12.8. The van der Waals surface area contributed by atoms with E-state index in [9.17, 15) is 4.79 Å². The van der Waals surface area contributed by atoms with Crippen LogP contribution in [0.3, 0.4) is 0 Å². The van der Waals surface area contributed by atoms with Crippen molar-refractivity contribution < 1.29 is 19.0 Å². The number of hydrogen-bond acceptors (Lipinski definition) is 4. The highest BCUT2D eigenvalue weighted by Crippen LogP contribution is 2.33. The van der Waals surface area contributed by atoms with Crippen LogP contribution in [-0.4, -0.2) is 31.3 Å². The molecule has 0 fully saturated rings. The van der Waals surface area contributed by atoms with E-state index in [-0.39, 0.29) is 25.2 Å². The number of amides is 1. The molecule has 7 heteroatoms. The highest BCUT2D eigenvalue weighted by molar-refractivity contribution is 6.35. The van der Waals surface area contributed by atoms with E-state index in [0.29, 0.717) is 34.5 Å². The number of carbonyl (C=O) groups is 1. The van der Waals surface area contributed by atoms with Gasteiger partial charge in [-0.1, -0.05) is 36.2 Å². The number of halogens is 2.